The highest BCUT2D eigenvalue weighted by Gasteiger charge is 2.26. The van der Waals surface area contributed by atoms with Gasteiger partial charge in [-0.15, -0.1) is 0 Å². The fourth-order valence-corrected chi connectivity index (χ4v) is 4.05. The van der Waals surface area contributed by atoms with Gasteiger partial charge in [0.15, 0.2) is 0 Å². The summed E-state index contributed by atoms with van der Waals surface area (Å²) < 4.78 is 0. The Bertz CT molecular complexity index is 768. The van der Waals surface area contributed by atoms with Crippen LogP contribution in [0.25, 0.3) is 21.6 Å². The largest absolute Gasteiger partial charge is 0.297 e. The van der Waals surface area contributed by atoms with Gasteiger partial charge in [-0.05, 0) is 26.4 Å². The molecule has 1 aliphatic heterocycles. The molecular weight excluding hydrogens is 280 g/mol. The van der Waals surface area contributed by atoms with Crippen LogP contribution in [0, 0.1) is 0 Å². The van der Waals surface area contributed by atoms with E-state index in [-0.39, 0.29) is 0 Å². The zero-order valence-electron chi connectivity index (χ0n) is 11.9. The first-order chi connectivity index (χ1) is 10.3. The van der Waals surface area contributed by atoms with Gasteiger partial charge >= 0.3 is 0 Å². The molecule has 21 heavy (non-hydrogen) atoms. The maximum atomic E-state index is 4.87. The first kappa shape index (κ1) is 12.9. The highest BCUT2D eigenvalue weighted by Crippen LogP contribution is 2.36. The molecule has 1 aromatic carbocycles. The molecule has 0 radical (unpaired) electrons. The minimum absolute atomic E-state index is 0.438. The molecule has 1 saturated heterocycles. The Labute approximate surface area is 127 Å². The van der Waals surface area contributed by atoms with Crippen LogP contribution in [0.15, 0.2) is 36.7 Å². The molecular formula is C16H16N4S. The van der Waals surface area contributed by atoms with Gasteiger partial charge in [-0.3, -0.25) is 4.90 Å². The normalized spacial score (nSPS) is 19.4. The van der Waals surface area contributed by atoms with Crippen LogP contribution in [0.4, 0.5) is 0 Å². The summed E-state index contributed by atoms with van der Waals surface area (Å²) in [6.07, 6.45) is 4.07. The van der Waals surface area contributed by atoms with Gasteiger partial charge in [-0.2, -0.15) is 0 Å². The number of hydrogen-bond acceptors (Lipinski definition) is 5. The first-order valence-corrected chi connectivity index (χ1v) is 8.01. The summed E-state index contributed by atoms with van der Waals surface area (Å²) >= 11 is 1.70. The smallest absolute Gasteiger partial charge is 0.147 e. The number of thiazole rings is 1. The molecule has 1 atom stereocenters. The fourth-order valence-electron chi connectivity index (χ4n) is 2.94. The Hall–Kier alpha value is -1.85. The van der Waals surface area contributed by atoms with Crippen LogP contribution < -0.4 is 0 Å². The summed E-state index contributed by atoms with van der Waals surface area (Å²) in [7, 11) is 2.17. The average Bonchev–Trinajstić information content (AvgIpc) is 3.13. The lowest BCUT2D eigenvalue weighted by Crippen LogP contribution is -2.17. The van der Waals surface area contributed by atoms with E-state index in [1.54, 1.807) is 17.7 Å². The molecule has 3 aromatic rings. The Morgan fingerprint density at radius 3 is 2.81 bits per heavy atom. The van der Waals surface area contributed by atoms with E-state index in [4.69, 9.17) is 4.98 Å². The first-order valence-electron chi connectivity index (χ1n) is 7.20. The summed E-state index contributed by atoms with van der Waals surface area (Å²) in [6, 6.07) is 10.7. The molecule has 0 amide bonds. The van der Waals surface area contributed by atoms with Crippen LogP contribution >= 0.6 is 11.3 Å². The number of aromatic nitrogens is 3. The van der Waals surface area contributed by atoms with E-state index in [9.17, 15) is 0 Å². The molecule has 0 bridgehead atoms. The van der Waals surface area contributed by atoms with Crippen molar-refractivity contribution in [1.82, 2.24) is 19.9 Å². The Morgan fingerprint density at radius 1 is 1.19 bits per heavy atom. The van der Waals surface area contributed by atoms with Crippen molar-refractivity contribution in [1.29, 1.82) is 0 Å². The summed E-state index contributed by atoms with van der Waals surface area (Å²) in [5, 5.41) is 1.17. The Balaban J connectivity index is 1.85. The highest BCUT2D eigenvalue weighted by atomic mass is 32.1. The van der Waals surface area contributed by atoms with Gasteiger partial charge in [0.05, 0.1) is 6.04 Å². The molecule has 106 valence electrons. The topological polar surface area (TPSA) is 41.9 Å². The fraction of sp³-hybridized carbons (Fsp3) is 0.312. The van der Waals surface area contributed by atoms with E-state index < -0.39 is 0 Å². The summed E-state index contributed by atoms with van der Waals surface area (Å²) in [4.78, 5) is 17.1. The van der Waals surface area contributed by atoms with Gasteiger partial charge in [0.2, 0.25) is 0 Å². The van der Waals surface area contributed by atoms with E-state index in [1.807, 2.05) is 18.2 Å². The van der Waals surface area contributed by atoms with Crippen molar-refractivity contribution in [3.8, 4) is 11.3 Å². The second-order valence-corrected chi connectivity index (χ2v) is 6.44. The molecule has 0 unspecified atom stereocenters. The number of hydrogen-bond donors (Lipinski definition) is 0. The number of rotatable bonds is 2. The Kier molecular flexibility index (Phi) is 3.16. The van der Waals surface area contributed by atoms with Crippen LogP contribution in [0.3, 0.4) is 0 Å². The number of fused-ring (bicyclic) bond motifs is 1. The van der Waals surface area contributed by atoms with Crippen LogP contribution in [0.2, 0.25) is 0 Å². The molecule has 2 aromatic heterocycles. The number of nitrogens with zero attached hydrogens (tertiary/aromatic N) is 4. The lowest BCUT2D eigenvalue weighted by Gasteiger charge is -2.15. The Morgan fingerprint density at radius 2 is 2.05 bits per heavy atom. The lowest BCUT2D eigenvalue weighted by atomic mass is 10.1. The predicted molar refractivity (Wildman–Crippen MR) is 85.3 cm³/mol. The third kappa shape index (κ3) is 2.22. The maximum absolute atomic E-state index is 4.87. The zero-order valence-corrected chi connectivity index (χ0v) is 12.7. The van der Waals surface area contributed by atoms with E-state index in [0.29, 0.717) is 6.04 Å². The van der Waals surface area contributed by atoms with E-state index in [2.05, 4.69) is 34.0 Å². The molecule has 5 heteroatoms. The average molecular weight is 296 g/mol. The predicted octanol–water partition coefficient (Wildman–Crippen LogP) is 3.52. The molecule has 4 nitrogen and oxygen atoms in total. The van der Waals surface area contributed by atoms with Crippen molar-refractivity contribution in [2.45, 2.75) is 18.9 Å². The van der Waals surface area contributed by atoms with E-state index in [1.165, 1.54) is 17.8 Å². The van der Waals surface area contributed by atoms with Crippen molar-refractivity contribution in [2.75, 3.05) is 13.6 Å². The lowest BCUT2D eigenvalue weighted by molar-refractivity contribution is 0.317. The zero-order chi connectivity index (χ0) is 14.2. The third-order valence-electron chi connectivity index (χ3n) is 4.06. The van der Waals surface area contributed by atoms with Crippen molar-refractivity contribution in [3.05, 3.63) is 41.7 Å². The van der Waals surface area contributed by atoms with Gasteiger partial charge in [0.1, 0.15) is 27.4 Å². The maximum Gasteiger partial charge on any atom is 0.147 e. The van der Waals surface area contributed by atoms with Crippen LogP contribution in [0.1, 0.15) is 23.9 Å². The molecule has 0 spiro atoms. The SMILES string of the molecule is CN1CCC[C@H]1c1nc2c(-c3ccccc3)ncnc2s1. The molecule has 4 rings (SSSR count). The minimum atomic E-state index is 0.438. The molecule has 0 saturated carbocycles. The van der Waals surface area contributed by atoms with Crippen molar-refractivity contribution in [2.24, 2.45) is 0 Å². The molecule has 0 aliphatic carbocycles. The van der Waals surface area contributed by atoms with E-state index >= 15 is 0 Å². The molecule has 1 fully saturated rings. The molecule has 0 N–H and O–H groups in total. The van der Waals surface area contributed by atoms with Crippen molar-refractivity contribution in [3.63, 3.8) is 0 Å². The highest BCUT2D eigenvalue weighted by molar-refractivity contribution is 7.18. The summed E-state index contributed by atoms with van der Waals surface area (Å²) in [6.45, 7) is 1.15. The number of likely N-dealkylation sites (tertiary alicyclic amines) is 1. The van der Waals surface area contributed by atoms with Crippen LogP contribution in [0.5, 0.6) is 0 Å². The monoisotopic (exact) mass is 296 g/mol. The summed E-state index contributed by atoms with van der Waals surface area (Å²) in [5.74, 6) is 0. The van der Waals surface area contributed by atoms with Gasteiger partial charge < -0.3 is 0 Å². The quantitative estimate of drug-likeness (QED) is 0.725. The molecule has 1 aliphatic rings. The van der Waals surface area contributed by atoms with Crippen LogP contribution in [-0.2, 0) is 0 Å². The molecule has 3 heterocycles. The van der Waals surface area contributed by atoms with Gasteiger partial charge in [-0.1, -0.05) is 41.7 Å². The van der Waals surface area contributed by atoms with Crippen molar-refractivity contribution < 1.29 is 0 Å². The standard InChI is InChI=1S/C16H16N4S/c1-20-9-5-8-12(20)15-19-14-13(11-6-3-2-4-7-11)17-10-18-16(14)21-15/h2-4,6-7,10,12H,5,8-9H2,1H3/t12-/m0/s1. The second kappa shape index (κ2) is 5.16. The summed E-state index contributed by atoms with van der Waals surface area (Å²) in [5.41, 5.74) is 2.97. The van der Waals surface area contributed by atoms with Gasteiger partial charge in [-0.25, -0.2) is 15.0 Å². The van der Waals surface area contributed by atoms with Gasteiger partial charge in [0, 0.05) is 5.56 Å². The van der Waals surface area contributed by atoms with E-state index in [0.717, 1.165) is 28.1 Å². The second-order valence-electron chi connectivity index (χ2n) is 5.43. The number of benzene rings is 1. The van der Waals surface area contributed by atoms with Crippen molar-refractivity contribution >= 4 is 21.7 Å². The van der Waals surface area contributed by atoms with Gasteiger partial charge in [0.25, 0.3) is 0 Å². The minimum Gasteiger partial charge on any atom is -0.297 e. The third-order valence-corrected chi connectivity index (χ3v) is 5.13. The van der Waals surface area contributed by atoms with Crippen LogP contribution in [-0.4, -0.2) is 33.4 Å².